The van der Waals surface area contributed by atoms with E-state index in [1.165, 1.54) is 5.56 Å². The monoisotopic (exact) mass is 276 g/mol. The zero-order valence-corrected chi connectivity index (χ0v) is 12.3. The molecule has 2 N–H and O–H groups in total. The molecule has 2 unspecified atom stereocenters. The normalized spacial score (nSPS) is 20.3. The highest BCUT2D eigenvalue weighted by molar-refractivity contribution is 5.82. The van der Waals surface area contributed by atoms with Crippen LogP contribution in [0.15, 0.2) is 24.3 Å². The molecule has 1 aliphatic heterocycles. The van der Waals surface area contributed by atoms with Crippen LogP contribution in [0.2, 0.25) is 0 Å². The molecule has 4 nitrogen and oxygen atoms in total. The number of piperidine rings is 1. The summed E-state index contributed by atoms with van der Waals surface area (Å²) < 4.78 is 5.15. The van der Waals surface area contributed by atoms with Gasteiger partial charge in [0.15, 0.2) is 0 Å². The highest BCUT2D eigenvalue weighted by Gasteiger charge is 2.22. The van der Waals surface area contributed by atoms with Gasteiger partial charge in [-0.05, 0) is 50.3 Å². The van der Waals surface area contributed by atoms with Crippen LogP contribution in [-0.2, 0) is 11.2 Å². The molecule has 0 radical (unpaired) electrons. The van der Waals surface area contributed by atoms with Gasteiger partial charge in [-0.2, -0.15) is 0 Å². The SMILES string of the molecule is COc1ccc(CCC(C)NC2CCCNC2=O)cc1. The van der Waals surface area contributed by atoms with Crippen molar-refractivity contribution in [1.29, 1.82) is 0 Å². The third kappa shape index (κ3) is 4.23. The maximum Gasteiger partial charge on any atom is 0.237 e. The van der Waals surface area contributed by atoms with Gasteiger partial charge < -0.3 is 15.4 Å². The average molecular weight is 276 g/mol. The minimum atomic E-state index is -0.0189. The largest absolute Gasteiger partial charge is 0.497 e. The number of hydrogen-bond donors (Lipinski definition) is 2. The molecule has 110 valence electrons. The number of aryl methyl sites for hydroxylation is 1. The molecule has 1 saturated heterocycles. The fraction of sp³-hybridized carbons (Fsp3) is 0.562. The van der Waals surface area contributed by atoms with Crippen LogP contribution < -0.4 is 15.4 Å². The van der Waals surface area contributed by atoms with E-state index in [0.717, 1.165) is 38.0 Å². The van der Waals surface area contributed by atoms with Crippen LogP contribution in [0.3, 0.4) is 0 Å². The zero-order valence-electron chi connectivity index (χ0n) is 12.3. The van der Waals surface area contributed by atoms with Gasteiger partial charge in [0.25, 0.3) is 0 Å². The van der Waals surface area contributed by atoms with Gasteiger partial charge in [0.1, 0.15) is 5.75 Å². The van der Waals surface area contributed by atoms with Crippen LogP contribution in [0.1, 0.15) is 31.7 Å². The summed E-state index contributed by atoms with van der Waals surface area (Å²) in [6.07, 6.45) is 4.04. The molecule has 1 aromatic rings. The van der Waals surface area contributed by atoms with Gasteiger partial charge in [-0.15, -0.1) is 0 Å². The van der Waals surface area contributed by atoms with Crippen LogP contribution in [0.5, 0.6) is 5.75 Å². The van der Waals surface area contributed by atoms with Crippen LogP contribution in [0, 0.1) is 0 Å². The first-order valence-corrected chi connectivity index (χ1v) is 7.35. The Hall–Kier alpha value is -1.55. The summed E-state index contributed by atoms with van der Waals surface area (Å²) in [6.45, 7) is 2.96. The van der Waals surface area contributed by atoms with Crippen molar-refractivity contribution in [1.82, 2.24) is 10.6 Å². The van der Waals surface area contributed by atoms with Crippen molar-refractivity contribution < 1.29 is 9.53 Å². The molecule has 1 aromatic carbocycles. The summed E-state index contributed by atoms with van der Waals surface area (Å²) in [4.78, 5) is 11.7. The lowest BCUT2D eigenvalue weighted by Crippen LogP contribution is -2.50. The lowest BCUT2D eigenvalue weighted by atomic mass is 10.0. The van der Waals surface area contributed by atoms with Crippen molar-refractivity contribution in [3.63, 3.8) is 0 Å². The number of methoxy groups -OCH3 is 1. The zero-order chi connectivity index (χ0) is 14.4. The van der Waals surface area contributed by atoms with E-state index < -0.39 is 0 Å². The highest BCUT2D eigenvalue weighted by Crippen LogP contribution is 2.13. The van der Waals surface area contributed by atoms with Gasteiger partial charge in [-0.3, -0.25) is 4.79 Å². The van der Waals surface area contributed by atoms with Gasteiger partial charge in [-0.1, -0.05) is 12.1 Å². The molecular weight excluding hydrogens is 252 g/mol. The standard InChI is InChI=1S/C16H24N2O2/c1-12(18-15-4-3-11-17-16(15)19)5-6-13-7-9-14(20-2)10-8-13/h7-10,12,15,18H,3-6,11H2,1-2H3,(H,17,19). The summed E-state index contributed by atoms with van der Waals surface area (Å²) in [7, 11) is 1.68. The molecule has 0 aliphatic carbocycles. The summed E-state index contributed by atoms with van der Waals surface area (Å²) in [5.74, 6) is 1.03. The van der Waals surface area contributed by atoms with Gasteiger partial charge in [0.05, 0.1) is 13.2 Å². The third-order valence-corrected chi connectivity index (χ3v) is 3.80. The molecule has 0 saturated carbocycles. The lowest BCUT2D eigenvalue weighted by Gasteiger charge is -2.26. The third-order valence-electron chi connectivity index (χ3n) is 3.80. The van der Waals surface area contributed by atoms with Crippen LogP contribution >= 0.6 is 0 Å². The molecule has 1 aliphatic rings. The molecule has 1 amide bonds. The van der Waals surface area contributed by atoms with E-state index in [1.54, 1.807) is 7.11 Å². The summed E-state index contributed by atoms with van der Waals surface area (Å²) in [5.41, 5.74) is 1.30. The second-order valence-electron chi connectivity index (χ2n) is 5.44. The number of hydrogen-bond acceptors (Lipinski definition) is 3. The Morgan fingerprint density at radius 1 is 1.40 bits per heavy atom. The first-order valence-electron chi connectivity index (χ1n) is 7.35. The second kappa shape index (κ2) is 7.29. The van der Waals surface area contributed by atoms with Gasteiger partial charge in [0, 0.05) is 12.6 Å². The number of amides is 1. The van der Waals surface area contributed by atoms with E-state index in [0.29, 0.717) is 6.04 Å². The van der Waals surface area contributed by atoms with Crippen molar-refractivity contribution in [3.8, 4) is 5.75 Å². The van der Waals surface area contributed by atoms with Crippen molar-refractivity contribution >= 4 is 5.91 Å². The van der Waals surface area contributed by atoms with Crippen LogP contribution in [0.4, 0.5) is 0 Å². The molecule has 4 heteroatoms. The Balaban J connectivity index is 1.76. The Bertz CT molecular complexity index is 431. The average Bonchev–Trinajstić information content (AvgIpc) is 2.48. The smallest absolute Gasteiger partial charge is 0.237 e. The number of nitrogens with one attached hydrogen (secondary N) is 2. The molecule has 20 heavy (non-hydrogen) atoms. The topological polar surface area (TPSA) is 50.4 Å². The lowest BCUT2D eigenvalue weighted by molar-refractivity contribution is -0.124. The minimum absolute atomic E-state index is 0.0189. The fourth-order valence-corrected chi connectivity index (χ4v) is 2.53. The number of benzene rings is 1. The molecule has 1 fully saturated rings. The summed E-state index contributed by atoms with van der Waals surface area (Å²) >= 11 is 0. The van der Waals surface area contributed by atoms with E-state index in [-0.39, 0.29) is 11.9 Å². The maximum absolute atomic E-state index is 11.7. The number of ether oxygens (including phenoxy) is 1. The minimum Gasteiger partial charge on any atom is -0.497 e. The van der Waals surface area contributed by atoms with E-state index in [2.05, 4.69) is 29.7 Å². The van der Waals surface area contributed by atoms with Gasteiger partial charge in [-0.25, -0.2) is 0 Å². The highest BCUT2D eigenvalue weighted by atomic mass is 16.5. The van der Waals surface area contributed by atoms with Crippen molar-refractivity contribution in [2.75, 3.05) is 13.7 Å². The Morgan fingerprint density at radius 2 is 2.15 bits per heavy atom. The number of rotatable bonds is 6. The molecule has 2 rings (SSSR count). The van der Waals surface area contributed by atoms with Crippen molar-refractivity contribution in [2.45, 2.75) is 44.7 Å². The van der Waals surface area contributed by atoms with Crippen LogP contribution in [0.25, 0.3) is 0 Å². The molecule has 0 spiro atoms. The predicted octanol–water partition coefficient (Wildman–Crippen LogP) is 1.88. The quantitative estimate of drug-likeness (QED) is 0.834. The Kier molecular flexibility index (Phi) is 5.41. The molecule has 2 atom stereocenters. The van der Waals surface area contributed by atoms with Crippen molar-refractivity contribution in [3.05, 3.63) is 29.8 Å². The number of carbonyl (C=O) groups is 1. The molecule has 0 bridgehead atoms. The molecule has 1 heterocycles. The van der Waals surface area contributed by atoms with E-state index in [1.807, 2.05) is 12.1 Å². The Labute approximate surface area is 120 Å². The van der Waals surface area contributed by atoms with Crippen LogP contribution in [-0.4, -0.2) is 31.6 Å². The second-order valence-corrected chi connectivity index (χ2v) is 5.44. The van der Waals surface area contributed by atoms with Crippen molar-refractivity contribution in [2.24, 2.45) is 0 Å². The summed E-state index contributed by atoms with van der Waals surface area (Å²) in [5, 5.41) is 6.33. The maximum atomic E-state index is 11.7. The number of carbonyl (C=O) groups excluding carboxylic acids is 1. The van der Waals surface area contributed by atoms with E-state index >= 15 is 0 Å². The first-order chi connectivity index (χ1) is 9.69. The fourth-order valence-electron chi connectivity index (χ4n) is 2.53. The Morgan fingerprint density at radius 3 is 2.80 bits per heavy atom. The van der Waals surface area contributed by atoms with E-state index in [9.17, 15) is 4.79 Å². The van der Waals surface area contributed by atoms with Gasteiger partial charge in [0.2, 0.25) is 5.91 Å². The van der Waals surface area contributed by atoms with E-state index in [4.69, 9.17) is 4.74 Å². The van der Waals surface area contributed by atoms with Gasteiger partial charge >= 0.3 is 0 Å². The molecular formula is C16H24N2O2. The summed E-state index contributed by atoms with van der Waals surface area (Å²) in [6, 6.07) is 8.49. The molecule has 0 aromatic heterocycles. The predicted molar refractivity (Wildman–Crippen MR) is 79.9 cm³/mol. The first kappa shape index (κ1) is 14.9.